The molecule has 0 spiro atoms. The summed E-state index contributed by atoms with van der Waals surface area (Å²) in [5.41, 5.74) is -0.315. The molecule has 0 radical (unpaired) electrons. The maximum absolute atomic E-state index is 12.2. The maximum atomic E-state index is 12.2. The van der Waals surface area contributed by atoms with Gasteiger partial charge in [-0.05, 0) is 38.3 Å². The minimum absolute atomic E-state index is 0.0532. The standard InChI is InChI=1S/C18H28ClN3O2/c1-3-18(2,13-24-17-15(19)10-7-11-20-17)21-12-16(23)22-14-8-5-4-6-9-14/h7,10-11,14,21H,3-6,8-9,12-13H2,1-2H3,(H,22,23)/t18-/m1/s1. The Labute approximate surface area is 149 Å². The van der Waals surface area contributed by atoms with Crippen LogP contribution in [0.15, 0.2) is 18.3 Å². The van der Waals surface area contributed by atoms with E-state index in [4.69, 9.17) is 16.3 Å². The fourth-order valence-corrected chi connectivity index (χ4v) is 2.98. The van der Waals surface area contributed by atoms with Gasteiger partial charge in [0.25, 0.3) is 0 Å². The highest BCUT2D eigenvalue weighted by Gasteiger charge is 2.25. The van der Waals surface area contributed by atoms with Gasteiger partial charge < -0.3 is 10.1 Å². The van der Waals surface area contributed by atoms with Crippen LogP contribution in [-0.2, 0) is 4.79 Å². The number of rotatable bonds is 8. The van der Waals surface area contributed by atoms with Crippen molar-refractivity contribution in [1.82, 2.24) is 15.6 Å². The van der Waals surface area contributed by atoms with Crippen LogP contribution in [0.4, 0.5) is 0 Å². The van der Waals surface area contributed by atoms with E-state index >= 15 is 0 Å². The van der Waals surface area contributed by atoms with Crippen LogP contribution in [0.2, 0.25) is 5.02 Å². The largest absolute Gasteiger partial charge is 0.475 e. The lowest BCUT2D eigenvalue weighted by atomic mass is 9.95. The molecule has 2 N–H and O–H groups in total. The minimum atomic E-state index is -0.315. The third-order valence-corrected chi connectivity index (χ3v) is 4.97. The van der Waals surface area contributed by atoms with Gasteiger partial charge in [-0.3, -0.25) is 10.1 Å². The molecule has 0 aromatic carbocycles. The molecule has 1 aliphatic rings. The number of nitrogens with zero attached hydrogens (tertiary/aromatic N) is 1. The second-order valence-corrected chi connectivity index (χ2v) is 7.16. The summed E-state index contributed by atoms with van der Waals surface area (Å²) in [6.07, 6.45) is 8.37. The smallest absolute Gasteiger partial charge is 0.234 e. The van der Waals surface area contributed by atoms with Crippen LogP contribution < -0.4 is 15.4 Å². The number of nitrogens with one attached hydrogen (secondary N) is 2. The van der Waals surface area contributed by atoms with Crippen LogP contribution in [0.5, 0.6) is 5.88 Å². The van der Waals surface area contributed by atoms with Crippen molar-refractivity contribution in [3.8, 4) is 5.88 Å². The lowest BCUT2D eigenvalue weighted by molar-refractivity contribution is -0.121. The number of pyridine rings is 1. The summed E-state index contributed by atoms with van der Waals surface area (Å²) < 4.78 is 5.74. The summed E-state index contributed by atoms with van der Waals surface area (Å²) in [6.45, 7) is 4.80. The second kappa shape index (κ2) is 9.23. The average molecular weight is 354 g/mol. The van der Waals surface area contributed by atoms with Crippen molar-refractivity contribution in [1.29, 1.82) is 0 Å². The molecule has 5 nitrogen and oxygen atoms in total. The van der Waals surface area contributed by atoms with E-state index in [0.717, 1.165) is 19.3 Å². The first-order valence-electron chi connectivity index (χ1n) is 8.80. The van der Waals surface area contributed by atoms with Gasteiger partial charge in [-0.25, -0.2) is 4.98 Å². The SMILES string of the molecule is CC[C@](C)(COc1ncccc1Cl)NCC(=O)NC1CCCCC1. The highest BCUT2D eigenvalue weighted by molar-refractivity contribution is 6.31. The van der Waals surface area contributed by atoms with Gasteiger partial charge in [-0.1, -0.05) is 37.8 Å². The molecule has 0 saturated heterocycles. The first-order valence-corrected chi connectivity index (χ1v) is 9.18. The number of carbonyl (C=O) groups is 1. The molecule has 1 atom stereocenters. The molecule has 1 aliphatic carbocycles. The van der Waals surface area contributed by atoms with Crippen LogP contribution >= 0.6 is 11.6 Å². The molecule has 0 bridgehead atoms. The molecular weight excluding hydrogens is 326 g/mol. The lowest BCUT2D eigenvalue weighted by Crippen LogP contribution is -2.51. The number of hydrogen-bond acceptors (Lipinski definition) is 4. The number of aromatic nitrogens is 1. The van der Waals surface area contributed by atoms with E-state index in [0.29, 0.717) is 30.1 Å². The molecule has 1 fully saturated rings. The first-order chi connectivity index (χ1) is 11.5. The molecule has 6 heteroatoms. The van der Waals surface area contributed by atoms with Gasteiger partial charge in [0.2, 0.25) is 11.8 Å². The van der Waals surface area contributed by atoms with Crippen molar-refractivity contribution >= 4 is 17.5 Å². The van der Waals surface area contributed by atoms with Crippen molar-refractivity contribution in [3.63, 3.8) is 0 Å². The third-order valence-electron chi connectivity index (χ3n) is 4.68. The van der Waals surface area contributed by atoms with Crippen molar-refractivity contribution in [2.24, 2.45) is 0 Å². The summed E-state index contributed by atoms with van der Waals surface area (Å²) in [6, 6.07) is 3.85. The highest BCUT2D eigenvalue weighted by Crippen LogP contribution is 2.22. The van der Waals surface area contributed by atoms with Crippen LogP contribution in [0.3, 0.4) is 0 Å². The second-order valence-electron chi connectivity index (χ2n) is 6.75. The van der Waals surface area contributed by atoms with E-state index in [1.54, 1.807) is 18.3 Å². The monoisotopic (exact) mass is 353 g/mol. The van der Waals surface area contributed by atoms with Gasteiger partial charge >= 0.3 is 0 Å². The van der Waals surface area contributed by atoms with Gasteiger partial charge in [0.15, 0.2) is 0 Å². The Kier molecular flexibility index (Phi) is 7.31. The topological polar surface area (TPSA) is 63.2 Å². The number of halogens is 1. The average Bonchev–Trinajstić information content (AvgIpc) is 2.60. The summed E-state index contributed by atoms with van der Waals surface area (Å²) in [5.74, 6) is 0.477. The zero-order chi connectivity index (χ0) is 17.4. The zero-order valence-corrected chi connectivity index (χ0v) is 15.4. The Morgan fingerprint density at radius 2 is 2.17 bits per heavy atom. The molecule has 1 aromatic rings. The Morgan fingerprint density at radius 3 is 2.83 bits per heavy atom. The molecule has 1 heterocycles. The van der Waals surface area contributed by atoms with E-state index in [1.807, 2.05) is 6.92 Å². The van der Waals surface area contributed by atoms with Crippen LogP contribution in [0.1, 0.15) is 52.4 Å². The van der Waals surface area contributed by atoms with Gasteiger partial charge in [0.05, 0.1) is 6.54 Å². The quantitative estimate of drug-likeness (QED) is 0.752. The fraction of sp³-hybridized carbons (Fsp3) is 0.667. The van der Waals surface area contributed by atoms with Crippen molar-refractivity contribution in [2.75, 3.05) is 13.2 Å². The molecule has 134 valence electrons. The Morgan fingerprint density at radius 1 is 1.42 bits per heavy atom. The van der Waals surface area contributed by atoms with E-state index in [9.17, 15) is 4.79 Å². The third kappa shape index (κ3) is 5.95. The van der Waals surface area contributed by atoms with Crippen molar-refractivity contribution in [3.05, 3.63) is 23.4 Å². The Bertz CT molecular complexity index is 535. The molecule has 1 amide bonds. The normalized spacial score (nSPS) is 18.0. The molecule has 1 aromatic heterocycles. The fourth-order valence-electron chi connectivity index (χ4n) is 2.80. The number of amides is 1. The van der Waals surface area contributed by atoms with Crippen LogP contribution in [-0.4, -0.2) is 35.6 Å². The van der Waals surface area contributed by atoms with Gasteiger partial charge in [0, 0.05) is 17.8 Å². The first kappa shape index (κ1) is 19.0. The van der Waals surface area contributed by atoms with Gasteiger partial charge in [-0.15, -0.1) is 0 Å². The van der Waals surface area contributed by atoms with E-state index < -0.39 is 0 Å². The van der Waals surface area contributed by atoms with E-state index in [1.165, 1.54) is 19.3 Å². The molecule has 1 saturated carbocycles. The summed E-state index contributed by atoms with van der Waals surface area (Å²) in [5, 5.41) is 6.93. The number of ether oxygens (including phenoxy) is 1. The number of hydrogen-bond donors (Lipinski definition) is 2. The summed E-state index contributed by atoms with van der Waals surface area (Å²) in [4.78, 5) is 16.3. The molecule has 2 rings (SSSR count). The Hall–Kier alpha value is -1.33. The predicted molar refractivity (Wildman–Crippen MR) is 96.5 cm³/mol. The zero-order valence-electron chi connectivity index (χ0n) is 14.6. The van der Waals surface area contributed by atoms with E-state index in [2.05, 4.69) is 22.5 Å². The minimum Gasteiger partial charge on any atom is -0.475 e. The van der Waals surface area contributed by atoms with Crippen LogP contribution in [0, 0.1) is 0 Å². The predicted octanol–water partition coefficient (Wildman–Crippen LogP) is 3.32. The molecule has 0 unspecified atom stereocenters. The summed E-state index contributed by atoms with van der Waals surface area (Å²) >= 11 is 6.06. The lowest BCUT2D eigenvalue weighted by Gasteiger charge is -2.30. The van der Waals surface area contributed by atoms with E-state index in [-0.39, 0.29) is 11.4 Å². The van der Waals surface area contributed by atoms with Crippen LogP contribution in [0.25, 0.3) is 0 Å². The van der Waals surface area contributed by atoms with Crippen molar-refractivity contribution < 1.29 is 9.53 Å². The maximum Gasteiger partial charge on any atom is 0.234 e. The highest BCUT2D eigenvalue weighted by atomic mass is 35.5. The van der Waals surface area contributed by atoms with Gasteiger partial charge in [-0.2, -0.15) is 0 Å². The van der Waals surface area contributed by atoms with Gasteiger partial charge in [0.1, 0.15) is 11.6 Å². The number of carbonyl (C=O) groups excluding carboxylic acids is 1. The van der Waals surface area contributed by atoms with Crippen molar-refractivity contribution in [2.45, 2.75) is 64.0 Å². The molecule has 0 aliphatic heterocycles. The summed E-state index contributed by atoms with van der Waals surface area (Å²) in [7, 11) is 0. The Balaban J connectivity index is 1.78. The molecular formula is C18H28ClN3O2. The molecule has 24 heavy (non-hydrogen) atoms.